The van der Waals surface area contributed by atoms with Crippen LogP contribution < -0.4 is 11.2 Å². The molecule has 8 heteroatoms. The summed E-state index contributed by atoms with van der Waals surface area (Å²) < 4.78 is 8.32. The number of rotatable bonds is 39. The number of unbranched alkanes of at least 4 members (excludes halogenated alkanes) is 30. The summed E-state index contributed by atoms with van der Waals surface area (Å²) in [7, 11) is 0. The fourth-order valence-electron chi connectivity index (χ4n) is 8.67. The Balaban J connectivity index is 1.71. The van der Waals surface area contributed by atoms with E-state index in [1.807, 2.05) is 0 Å². The number of ether oxygens (including phenoxy) is 1. The van der Waals surface area contributed by atoms with Gasteiger partial charge in [-0.1, -0.05) is 212 Å². The highest BCUT2D eigenvalue weighted by Gasteiger charge is 2.35. The quantitative estimate of drug-likeness (QED) is 0.0507. The molecule has 0 amide bonds. The van der Waals surface area contributed by atoms with E-state index < -0.39 is 24.1 Å². The van der Waals surface area contributed by atoms with Gasteiger partial charge in [-0.05, 0) is 32.9 Å². The third-order valence-corrected chi connectivity index (χ3v) is 12.6. The minimum atomic E-state index is -0.857. The van der Waals surface area contributed by atoms with E-state index in [1.165, 1.54) is 221 Å². The van der Waals surface area contributed by atoms with Gasteiger partial charge in [0.25, 0.3) is 5.56 Å². The molecule has 2 rings (SSSR count). The van der Waals surface area contributed by atoms with Crippen molar-refractivity contribution in [2.24, 2.45) is 0 Å². The molecule has 0 aromatic carbocycles. The Morgan fingerprint density at radius 3 is 1.39 bits per heavy atom. The van der Waals surface area contributed by atoms with Crippen LogP contribution in [0.15, 0.2) is 15.8 Å². The van der Waals surface area contributed by atoms with Crippen molar-refractivity contribution in [3.63, 3.8) is 0 Å². The lowest BCUT2D eigenvalue weighted by Gasteiger charge is -2.19. The molecular weight excluding hydrogens is 735 g/mol. The van der Waals surface area contributed by atoms with Gasteiger partial charge in [0, 0.05) is 31.1 Å². The Labute approximate surface area is 362 Å². The number of hydrogen-bond acceptors (Lipinski definition) is 6. The molecule has 342 valence electrons. The van der Waals surface area contributed by atoms with Crippen molar-refractivity contribution < 1.29 is 14.9 Å². The first-order valence-electron chi connectivity index (χ1n) is 25.4. The van der Waals surface area contributed by atoms with Crippen molar-refractivity contribution in [1.82, 2.24) is 14.0 Å². The van der Waals surface area contributed by atoms with E-state index in [4.69, 9.17) is 4.74 Å². The normalized spacial score (nSPS) is 16.6. The van der Waals surface area contributed by atoms with Gasteiger partial charge in [-0.2, -0.15) is 0 Å². The van der Waals surface area contributed by atoms with Crippen LogP contribution in [0.3, 0.4) is 0 Å². The van der Waals surface area contributed by atoms with Gasteiger partial charge in [0.2, 0.25) is 0 Å². The first-order valence-corrected chi connectivity index (χ1v) is 25.4. The second-order valence-electron chi connectivity index (χ2n) is 18.1. The highest BCUT2D eigenvalue weighted by molar-refractivity contribution is 5.06. The predicted octanol–water partition coefficient (Wildman–Crippen LogP) is 12.2. The topological polar surface area (TPSA) is 96.9 Å². The number of aliphatic hydroxyl groups excluding tert-OH is 2. The van der Waals surface area contributed by atoms with E-state index in [9.17, 15) is 19.8 Å². The molecule has 1 aliphatic rings. The Kier molecular flexibility index (Phi) is 33.1. The third kappa shape index (κ3) is 25.6. The van der Waals surface area contributed by atoms with Gasteiger partial charge in [0.15, 0.2) is 0 Å². The molecule has 1 aromatic heterocycles. The van der Waals surface area contributed by atoms with Gasteiger partial charge >= 0.3 is 5.69 Å². The van der Waals surface area contributed by atoms with Crippen LogP contribution >= 0.6 is 0 Å². The first kappa shape index (κ1) is 53.2. The second-order valence-corrected chi connectivity index (χ2v) is 18.1. The summed E-state index contributed by atoms with van der Waals surface area (Å²) in [4.78, 5) is 28.8. The van der Waals surface area contributed by atoms with Crippen LogP contribution in [-0.4, -0.2) is 62.7 Å². The van der Waals surface area contributed by atoms with Crippen molar-refractivity contribution in [3.05, 3.63) is 32.6 Å². The SMILES string of the molecule is CCCCCCCCCCCCCCCCCCN(CC#CCCn1c(=O)c(C)cn([C@H]2C[C@@H](O)[C@@H](CO)O2)c1=O)CCCCCCCCCCCCCCCCCC. The zero-order chi connectivity index (χ0) is 42.6. The van der Waals surface area contributed by atoms with E-state index >= 15 is 0 Å². The molecule has 0 spiro atoms. The zero-order valence-corrected chi connectivity index (χ0v) is 38.8. The van der Waals surface area contributed by atoms with E-state index in [-0.39, 0.29) is 25.1 Å². The molecule has 0 saturated carbocycles. The van der Waals surface area contributed by atoms with Crippen LogP contribution in [0.5, 0.6) is 0 Å². The second kappa shape index (κ2) is 36.7. The van der Waals surface area contributed by atoms with Crippen LogP contribution in [0, 0.1) is 18.8 Å². The molecule has 2 N–H and O–H groups in total. The fourth-order valence-corrected chi connectivity index (χ4v) is 8.67. The van der Waals surface area contributed by atoms with Crippen LogP contribution in [0.2, 0.25) is 0 Å². The van der Waals surface area contributed by atoms with Crippen molar-refractivity contribution in [3.8, 4) is 11.8 Å². The average molecular weight is 828 g/mol. The molecule has 3 atom stereocenters. The molecule has 0 radical (unpaired) electrons. The molecule has 1 fully saturated rings. The fraction of sp³-hybridized carbons (Fsp3) is 0.882. The van der Waals surface area contributed by atoms with Crippen molar-refractivity contribution in [2.75, 3.05) is 26.2 Å². The summed E-state index contributed by atoms with van der Waals surface area (Å²) in [6, 6.07) is 0. The minimum absolute atomic E-state index is 0.192. The van der Waals surface area contributed by atoms with E-state index in [0.717, 1.165) is 19.6 Å². The van der Waals surface area contributed by atoms with Crippen molar-refractivity contribution in [2.45, 2.75) is 264 Å². The molecule has 0 aliphatic carbocycles. The number of aryl methyl sites for hydroxylation is 1. The Morgan fingerprint density at radius 2 is 1.02 bits per heavy atom. The Morgan fingerprint density at radius 1 is 0.627 bits per heavy atom. The van der Waals surface area contributed by atoms with Crippen LogP contribution in [0.4, 0.5) is 0 Å². The molecule has 1 aliphatic heterocycles. The van der Waals surface area contributed by atoms with Gasteiger partial charge in [0.1, 0.15) is 12.3 Å². The lowest BCUT2D eigenvalue weighted by atomic mass is 10.0. The number of hydrogen-bond donors (Lipinski definition) is 2. The minimum Gasteiger partial charge on any atom is -0.394 e. The van der Waals surface area contributed by atoms with Gasteiger partial charge < -0.3 is 14.9 Å². The van der Waals surface area contributed by atoms with E-state index in [1.54, 1.807) is 6.92 Å². The molecule has 59 heavy (non-hydrogen) atoms. The Hall–Kier alpha value is -1.92. The molecule has 0 bridgehead atoms. The largest absolute Gasteiger partial charge is 0.394 e. The number of nitrogens with zero attached hydrogens (tertiary/aromatic N) is 3. The lowest BCUT2D eigenvalue weighted by molar-refractivity contribution is -0.0463. The summed E-state index contributed by atoms with van der Waals surface area (Å²) in [6.45, 7) is 9.03. The highest BCUT2D eigenvalue weighted by atomic mass is 16.5. The third-order valence-electron chi connectivity index (χ3n) is 12.6. The molecule has 2 heterocycles. The van der Waals surface area contributed by atoms with Gasteiger partial charge in [0.05, 0.1) is 19.3 Å². The molecule has 0 unspecified atom stereocenters. The number of aliphatic hydroxyl groups is 2. The maximum Gasteiger partial charge on any atom is 0.333 e. The maximum atomic E-state index is 13.3. The average Bonchev–Trinajstić information content (AvgIpc) is 3.62. The van der Waals surface area contributed by atoms with E-state index in [2.05, 4.69) is 30.6 Å². The van der Waals surface area contributed by atoms with Crippen molar-refractivity contribution >= 4 is 0 Å². The van der Waals surface area contributed by atoms with Gasteiger partial charge in [-0.25, -0.2) is 4.79 Å². The van der Waals surface area contributed by atoms with Crippen molar-refractivity contribution in [1.29, 1.82) is 0 Å². The monoisotopic (exact) mass is 828 g/mol. The number of aromatic nitrogens is 2. The highest BCUT2D eigenvalue weighted by Crippen LogP contribution is 2.27. The summed E-state index contributed by atoms with van der Waals surface area (Å²) in [5.74, 6) is 6.63. The first-order chi connectivity index (χ1) is 28.9. The molecule has 1 aromatic rings. The summed E-state index contributed by atoms with van der Waals surface area (Å²) in [5.41, 5.74) is -0.349. The maximum absolute atomic E-state index is 13.3. The lowest BCUT2D eigenvalue weighted by Crippen LogP contribution is -2.42. The smallest absolute Gasteiger partial charge is 0.333 e. The van der Waals surface area contributed by atoms with Crippen LogP contribution in [0.1, 0.15) is 244 Å². The Bertz CT molecular complexity index is 1280. The standard InChI is InChI=1S/C51H93N3O5/c1-4-6-8-10-12-14-16-18-20-22-24-26-28-30-32-35-39-52(40-36-33-31-29-27-25-23-21-19-17-15-13-11-9-7-5-2)41-37-34-38-42-53-50(57)46(3)44-54(51(53)58)49-43-47(56)48(45-55)59-49/h44,47-49,55-56H,4-33,35-36,38-43,45H2,1-3H3/t47-,48-,49-/m1/s1. The zero-order valence-electron chi connectivity index (χ0n) is 38.8. The summed E-state index contributed by atoms with van der Waals surface area (Å²) in [6.07, 6.45) is 43.9. The molecule has 8 nitrogen and oxygen atoms in total. The molecular formula is C51H93N3O5. The van der Waals surface area contributed by atoms with Crippen LogP contribution in [0.25, 0.3) is 0 Å². The summed E-state index contributed by atoms with van der Waals surface area (Å²) >= 11 is 0. The van der Waals surface area contributed by atoms with Crippen LogP contribution in [-0.2, 0) is 11.3 Å². The van der Waals surface area contributed by atoms with Gasteiger partial charge in [-0.3, -0.25) is 18.8 Å². The van der Waals surface area contributed by atoms with E-state index in [0.29, 0.717) is 12.0 Å². The summed E-state index contributed by atoms with van der Waals surface area (Å²) in [5, 5.41) is 19.7. The predicted molar refractivity (Wildman–Crippen MR) is 249 cm³/mol. The van der Waals surface area contributed by atoms with Gasteiger partial charge in [-0.15, -0.1) is 5.92 Å². The molecule has 1 saturated heterocycles.